The van der Waals surface area contributed by atoms with Crippen LogP contribution in [0.5, 0.6) is 0 Å². The van der Waals surface area contributed by atoms with Crippen LogP contribution in [0.2, 0.25) is 0 Å². The summed E-state index contributed by atoms with van der Waals surface area (Å²) in [4.78, 5) is 4.28. The van der Waals surface area contributed by atoms with Gasteiger partial charge in [0.25, 0.3) is 0 Å². The number of alkyl halides is 1. The van der Waals surface area contributed by atoms with E-state index in [0.29, 0.717) is 16.9 Å². The maximum atomic E-state index is 14.1. The van der Waals surface area contributed by atoms with Crippen LogP contribution in [0.3, 0.4) is 0 Å². The summed E-state index contributed by atoms with van der Waals surface area (Å²) in [5.74, 6) is -2.19. The number of imidazole rings is 1. The van der Waals surface area contributed by atoms with E-state index in [1.807, 2.05) is 0 Å². The number of fused-ring (bicyclic) bond motifs is 1. The van der Waals surface area contributed by atoms with Gasteiger partial charge in [-0.05, 0) is 31.2 Å². The van der Waals surface area contributed by atoms with Gasteiger partial charge in [-0.15, -0.1) is 11.6 Å². The van der Waals surface area contributed by atoms with E-state index in [2.05, 4.69) is 4.98 Å². The van der Waals surface area contributed by atoms with Crippen molar-refractivity contribution in [2.45, 2.75) is 12.3 Å². The monoisotopic (exact) mass is 310 g/mol. The number of benzene rings is 2. The number of nitrogens with zero attached hydrogens (tertiary/aromatic N) is 2. The van der Waals surface area contributed by atoms with Gasteiger partial charge in [0.2, 0.25) is 0 Å². The molecule has 3 aromatic rings. The Labute approximate surface area is 123 Å². The molecule has 2 nitrogen and oxygen atoms in total. The van der Waals surface area contributed by atoms with E-state index in [1.54, 1.807) is 6.92 Å². The van der Waals surface area contributed by atoms with Gasteiger partial charge in [0, 0.05) is 6.07 Å². The van der Waals surface area contributed by atoms with Crippen molar-refractivity contribution >= 4 is 22.6 Å². The Balaban J connectivity index is 2.41. The summed E-state index contributed by atoms with van der Waals surface area (Å²) in [5.41, 5.74) is 0.746. The Kier molecular flexibility index (Phi) is 3.37. The molecule has 1 atom stereocenters. The second kappa shape index (κ2) is 5.07. The molecule has 0 radical (unpaired) electrons. The van der Waals surface area contributed by atoms with Gasteiger partial charge in [-0.25, -0.2) is 18.2 Å². The van der Waals surface area contributed by atoms with Crippen molar-refractivity contribution in [3.63, 3.8) is 0 Å². The van der Waals surface area contributed by atoms with E-state index >= 15 is 0 Å². The molecule has 1 unspecified atom stereocenters. The molecule has 2 aromatic carbocycles. The van der Waals surface area contributed by atoms with Gasteiger partial charge in [0.15, 0.2) is 11.6 Å². The Morgan fingerprint density at radius 3 is 2.62 bits per heavy atom. The summed E-state index contributed by atoms with van der Waals surface area (Å²) in [6, 6.07) is 7.73. The zero-order valence-corrected chi connectivity index (χ0v) is 11.7. The highest BCUT2D eigenvalue weighted by Gasteiger charge is 2.20. The molecule has 0 saturated carbocycles. The van der Waals surface area contributed by atoms with E-state index in [4.69, 9.17) is 11.6 Å². The van der Waals surface area contributed by atoms with Crippen LogP contribution < -0.4 is 0 Å². The van der Waals surface area contributed by atoms with Gasteiger partial charge in [0.05, 0.1) is 22.1 Å². The fraction of sp³-hybridized carbons (Fsp3) is 0.133. The summed E-state index contributed by atoms with van der Waals surface area (Å²) < 4.78 is 42.4. The highest BCUT2D eigenvalue weighted by molar-refractivity contribution is 6.20. The average molecular weight is 311 g/mol. The zero-order chi connectivity index (χ0) is 15.1. The third-order valence-electron chi connectivity index (χ3n) is 3.17. The average Bonchev–Trinajstić information content (AvgIpc) is 2.80. The Bertz CT molecular complexity index is 827. The molecule has 0 amide bonds. The van der Waals surface area contributed by atoms with Crippen LogP contribution in [-0.2, 0) is 0 Å². The topological polar surface area (TPSA) is 17.8 Å². The van der Waals surface area contributed by atoms with Gasteiger partial charge in [-0.1, -0.05) is 6.07 Å². The predicted molar refractivity (Wildman–Crippen MR) is 75.2 cm³/mol. The normalized spacial score (nSPS) is 12.8. The predicted octanol–water partition coefficient (Wildman–Crippen LogP) is 4.74. The fourth-order valence-electron chi connectivity index (χ4n) is 2.25. The highest BCUT2D eigenvalue weighted by Crippen LogP contribution is 2.30. The van der Waals surface area contributed by atoms with Crippen molar-refractivity contribution < 1.29 is 13.2 Å². The van der Waals surface area contributed by atoms with Crippen LogP contribution in [0, 0.1) is 17.5 Å². The molecule has 0 spiro atoms. The first-order chi connectivity index (χ1) is 9.99. The smallest absolute Gasteiger partial charge is 0.182 e. The van der Waals surface area contributed by atoms with Gasteiger partial charge in [0.1, 0.15) is 11.6 Å². The summed E-state index contributed by atoms with van der Waals surface area (Å²) in [5, 5.41) is -0.553. The van der Waals surface area contributed by atoms with E-state index in [-0.39, 0.29) is 5.69 Å². The summed E-state index contributed by atoms with van der Waals surface area (Å²) in [7, 11) is 0. The van der Waals surface area contributed by atoms with Crippen molar-refractivity contribution in [2.24, 2.45) is 0 Å². The molecule has 0 aliphatic carbocycles. The zero-order valence-electron chi connectivity index (χ0n) is 10.9. The van der Waals surface area contributed by atoms with Gasteiger partial charge >= 0.3 is 0 Å². The molecule has 1 heterocycles. The first-order valence-electron chi connectivity index (χ1n) is 6.25. The summed E-state index contributed by atoms with van der Waals surface area (Å²) in [6.45, 7) is 1.66. The molecule has 0 aliphatic rings. The van der Waals surface area contributed by atoms with Crippen LogP contribution in [0.1, 0.15) is 18.1 Å². The van der Waals surface area contributed by atoms with Crippen molar-refractivity contribution in [3.05, 3.63) is 59.7 Å². The minimum absolute atomic E-state index is 0.0504. The standard InChI is InChI=1S/C15H10ClF3N2/c1-8(16)15-20-11-6-5-9(17)7-13(11)21(15)12-4-2-3-10(18)14(12)19/h2-8H,1H3. The van der Waals surface area contributed by atoms with Crippen LogP contribution >= 0.6 is 11.6 Å². The maximum Gasteiger partial charge on any atom is 0.182 e. The second-order valence-electron chi connectivity index (χ2n) is 4.63. The second-order valence-corrected chi connectivity index (χ2v) is 5.28. The fourth-order valence-corrected chi connectivity index (χ4v) is 2.40. The lowest BCUT2D eigenvalue weighted by molar-refractivity contribution is 0.504. The number of rotatable bonds is 2. The molecule has 6 heteroatoms. The lowest BCUT2D eigenvalue weighted by atomic mass is 10.2. The lowest BCUT2D eigenvalue weighted by Crippen LogP contribution is -2.05. The van der Waals surface area contributed by atoms with E-state index in [0.717, 1.165) is 6.07 Å². The Hall–Kier alpha value is -2.01. The molecular formula is C15H10ClF3N2. The van der Waals surface area contributed by atoms with Crippen LogP contribution in [0.25, 0.3) is 16.7 Å². The van der Waals surface area contributed by atoms with Crippen LogP contribution in [-0.4, -0.2) is 9.55 Å². The van der Waals surface area contributed by atoms with Crippen molar-refractivity contribution in [1.82, 2.24) is 9.55 Å². The molecule has 0 bridgehead atoms. The van der Waals surface area contributed by atoms with E-state index in [1.165, 1.54) is 34.9 Å². The number of hydrogen-bond donors (Lipinski definition) is 0. The van der Waals surface area contributed by atoms with Crippen LogP contribution in [0.4, 0.5) is 13.2 Å². The van der Waals surface area contributed by atoms with E-state index in [9.17, 15) is 13.2 Å². The molecule has 0 aliphatic heterocycles. The third kappa shape index (κ3) is 2.27. The van der Waals surface area contributed by atoms with Crippen molar-refractivity contribution in [3.8, 4) is 5.69 Å². The van der Waals surface area contributed by atoms with Gasteiger partial charge < -0.3 is 0 Å². The quantitative estimate of drug-likeness (QED) is 0.625. The lowest BCUT2D eigenvalue weighted by Gasteiger charge is -2.11. The number of aromatic nitrogens is 2. The Morgan fingerprint density at radius 2 is 1.90 bits per heavy atom. The van der Waals surface area contributed by atoms with E-state index < -0.39 is 22.8 Å². The number of hydrogen-bond acceptors (Lipinski definition) is 1. The largest absolute Gasteiger partial charge is 0.292 e. The minimum Gasteiger partial charge on any atom is -0.292 e. The summed E-state index contributed by atoms with van der Waals surface area (Å²) >= 11 is 6.07. The molecule has 0 N–H and O–H groups in total. The maximum absolute atomic E-state index is 14.1. The Morgan fingerprint density at radius 1 is 1.14 bits per heavy atom. The van der Waals surface area contributed by atoms with Gasteiger partial charge in [-0.2, -0.15) is 0 Å². The minimum atomic E-state index is -1.03. The summed E-state index contributed by atoms with van der Waals surface area (Å²) in [6.07, 6.45) is 0. The first-order valence-corrected chi connectivity index (χ1v) is 6.69. The molecule has 1 aromatic heterocycles. The molecule has 0 saturated heterocycles. The molecule has 3 rings (SSSR count). The molecule has 0 fully saturated rings. The van der Waals surface area contributed by atoms with Gasteiger partial charge in [-0.3, -0.25) is 4.57 Å². The van der Waals surface area contributed by atoms with Crippen LogP contribution in [0.15, 0.2) is 36.4 Å². The van der Waals surface area contributed by atoms with Crippen molar-refractivity contribution in [2.75, 3.05) is 0 Å². The van der Waals surface area contributed by atoms with Crippen molar-refractivity contribution in [1.29, 1.82) is 0 Å². The molecule has 21 heavy (non-hydrogen) atoms. The molecular weight excluding hydrogens is 301 g/mol. The number of halogens is 4. The third-order valence-corrected chi connectivity index (χ3v) is 3.37. The highest BCUT2D eigenvalue weighted by atomic mass is 35.5. The SMILES string of the molecule is CC(Cl)c1nc2ccc(F)cc2n1-c1cccc(F)c1F. The first kappa shape index (κ1) is 13.9. The molecule has 108 valence electrons.